The highest BCUT2D eigenvalue weighted by Crippen LogP contribution is 2.19. The number of nitrogens with one attached hydrogen (secondary N) is 1. The van der Waals surface area contributed by atoms with Crippen molar-refractivity contribution in [1.29, 1.82) is 0 Å². The molecular formula is C14H21F2N3O. The first-order valence-corrected chi connectivity index (χ1v) is 6.96. The molecule has 1 aliphatic heterocycles. The van der Waals surface area contributed by atoms with Crippen molar-refractivity contribution in [3.63, 3.8) is 0 Å². The van der Waals surface area contributed by atoms with Crippen LogP contribution in [-0.4, -0.2) is 41.7 Å². The standard InChI is InChI=1S/C14H21F2N3O/c1-10(2)19-7-5-11(6-8-19)18-13-4-3-12(9-17-13)20-14(15)16/h3-4,9-11,14H,5-8H2,1-2H3,(H,17,18). The van der Waals surface area contributed by atoms with E-state index in [2.05, 4.69) is 33.8 Å². The second-order valence-electron chi connectivity index (χ2n) is 5.31. The molecule has 1 aliphatic rings. The second-order valence-corrected chi connectivity index (χ2v) is 5.31. The molecule has 0 atom stereocenters. The normalized spacial score (nSPS) is 17.7. The molecular weight excluding hydrogens is 264 g/mol. The van der Waals surface area contributed by atoms with Crippen molar-refractivity contribution in [1.82, 2.24) is 9.88 Å². The zero-order valence-electron chi connectivity index (χ0n) is 11.9. The molecule has 2 heterocycles. The highest BCUT2D eigenvalue weighted by Gasteiger charge is 2.20. The van der Waals surface area contributed by atoms with Crippen LogP contribution < -0.4 is 10.1 Å². The highest BCUT2D eigenvalue weighted by atomic mass is 19.3. The van der Waals surface area contributed by atoms with Gasteiger partial charge in [0.15, 0.2) is 0 Å². The van der Waals surface area contributed by atoms with E-state index in [0.29, 0.717) is 17.9 Å². The largest absolute Gasteiger partial charge is 0.433 e. The van der Waals surface area contributed by atoms with Crippen LogP contribution in [0.25, 0.3) is 0 Å². The molecule has 20 heavy (non-hydrogen) atoms. The van der Waals surface area contributed by atoms with Crippen LogP contribution in [0.15, 0.2) is 18.3 Å². The molecule has 1 aromatic heterocycles. The Bertz CT molecular complexity index is 403. The quantitative estimate of drug-likeness (QED) is 0.902. The van der Waals surface area contributed by atoms with E-state index in [0.717, 1.165) is 25.9 Å². The maximum atomic E-state index is 12.0. The van der Waals surface area contributed by atoms with Gasteiger partial charge in [-0.15, -0.1) is 0 Å². The van der Waals surface area contributed by atoms with E-state index in [4.69, 9.17) is 0 Å². The van der Waals surface area contributed by atoms with Crippen molar-refractivity contribution in [2.45, 2.75) is 45.4 Å². The number of hydrogen-bond donors (Lipinski definition) is 1. The molecule has 0 unspecified atom stereocenters. The molecule has 2 rings (SSSR count). The summed E-state index contributed by atoms with van der Waals surface area (Å²) in [5.41, 5.74) is 0. The summed E-state index contributed by atoms with van der Waals surface area (Å²) in [6.07, 6.45) is 3.45. The van der Waals surface area contributed by atoms with Gasteiger partial charge in [-0.25, -0.2) is 4.98 Å². The molecule has 112 valence electrons. The average molecular weight is 285 g/mol. The van der Waals surface area contributed by atoms with Crippen LogP contribution in [0.4, 0.5) is 14.6 Å². The Morgan fingerprint density at radius 3 is 2.50 bits per heavy atom. The monoisotopic (exact) mass is 285 g/mol. The lowest BCUT2D eigenvalue weighted by atomic mass is 10.0. The number of halogens is 2. The molecule has 0 aliphatic carbocycles. The Morgan fingerprint density at radius 1 is 1.30 bits per heavy atom. The third-order valence-corrected chi connectivity index (χ3v) is 3.57. The van der Waals surface area contributed by atoms with Crippen molar-refractivity contribution in [2.75, 3.05) is 18.4 Å². The average Bonchev–Trinajstić information content (AvgIpc) is 2.41. The summed E-state index contributed by atoms with van der Waals surface area (Å²) >= 11 is 0. The highest BCUT2D eigenvalue weighted by molar-refractivity contribution is 5.38. The number of hydrogen-bond acceptors (Lipinski definition) is 4. The van der Waals surface area contributed by atoms with Crippen LogP contribution in [0.1, 0.15) is 26.7 Å². The van der Waals surface area contributed by atoms with Gasteiger partial charge in [0.1, 0.15) is 11.6 Å². The minimum Gasteiger partial charge on any atom is -0.433 e. The van der Waals surface area contributed by atoms with E-state index in [1.807, 2.05) is 0 Å². The van der Waals surface area contributed by atoms with Crippen LogP contribution in [0.3, 0.4) is 0 Å². The number of nitrogens with zero attached hydrogens (tertiary/aromatic N) is 2. The molecule has 0 spiro atoms. The maximum Gasteiger partial charge on any atom is 0.387 e. The zero-order chi connectivity index (χ0) is 14.5. The molecule has 0 radical (unpaired) electrons. The lowest BCUT2D eigenvalue weighted by molar-refractivity contribution is -0.0500. The summed E-state index contributed by atoms with van der Waals surface area (Å²) in [5.74, 6) is 0.787. The number of aromatic nitrogens is 1. The second kappa shape index (κ2) is 6.83. The molecule has 1 fully saturated rings. The number of likely N-dealkylation sites (tertiary alicyclic amines) is 1. The Morgan fingerprint density at radius 2 is 2.00 bits per heavy atom. The first-order valence-electron chi connectivity index (χ1n) is 6.96. The van der Waals surface area contributed by atoms with E-state index in [9.17, 15) is 8.78 Å². The van der Waals surface area contributed by atoms with Gasteiger partial charge in [0, 0.05) is 25.2 Å². The fourth-order valence-electron chi connectivity index (χ4n) is 2.41. The fraction of sp³-hybridized carbons (Fsp3) is 0.643. The SMILES string of the molecule is CC(C)N1CCC(Nc2ccc(OC(F)F)cn2)CC1. The number of anilines is 1. The molecule has 0 bridgehead atoms. The number of rotatable bonds is 5. The van der Waals surface area contributed by atoms with Crippen LogP contribution in [0, 0.1) is 0 Å². The molecule has 0 saturated carbocycles. The van der Waals surface area contributed by atoms with Gasteiger partial charge in [-0.2, -0.15) is 8.78 Å². The zero-order valence-corrected chi connectivity index (χ0v) is 11.9. The summed E-state index contributed by atoms with van der Waals surface area (Å²) in [6, 6.07) is 4.15. The van der Waals surface area contributed by atoms with Gasteiger partial charge in [0.25, 0.3) is 0 Å². The van der Waals surface area contributed by atoms with Gasteiger partial charge in [-0.05, 0) is 38.8 Å². The van der Waals surface area contributed by atoms with Crippen LogP contribution >= 0.6 is 0 Å². The Balaban J connectivity index is 1.82. The number of alkyl halides is 2. The van der Waals surface area contributed by atoms with Crippen molar-refractivity contribution < 1.29 is 13.5 Å². The lowest BCUT2D eigenvalue weighted by Gasteiger charge is -2.35. The summed E-state index contributed by atoms with van der Waals surface area (Å²) in [6.45, 7) is 3.74. The van der Waals surface area contributed by atoms with Gasteiger partial charge in [-0.1, -0.05) is 0 Å². The molecule has 0 amide bonds. The van der Waals surface area contributed by atoms with Crippen LogP contribution in [0.2, 0.25) is 0 Å². The lowest BCUT2D eigenvalue weighted by Crippen LogP contribution is -2.42. The molecule has 6 heteroatoms. The van der Waals surface area contributed by atoms with Gasteiger partial charge < -0.3 is 15.0 Å². The summed E-state index contributed by atoms with van der Waals surface area (Å²) in [4.78, 5) is 6.55. The van der Waals surface area contributed by atoms with E-state index in [1.54, 1.807) is 6.07 Å². The van der Waals surface area contributed by atoms with E-state index >= 15 is 0 Å². The minimum atomic E-state index is -2.81. The van der Waals surface area contributed by atoms with Gasteiger partial charge >= 0.3 is 6.61 Å². The predicted octanol–water partition coefficient (Wildman–Crippen LogP) is 2.97. The van der Waals surface area contributed by atoms with Crippen LogP contribution in [0.5, 0.6) is 5.75 Å². The number of pyridine rings is 1. The van der Waals surface area contributed by atoms with Crippen molar-refractivity contribution >= 4 is 5.82 Å². The molecule has 1 saturated heterocycles. The van der Waals surface area contributed by atoms with Gasteiger partial charge in [0.2, 0.25) is 0 Å². The predicted molar refractivity (Wildman–Crippen MR) is 74.2 cm³/mol. The molecule has 4 nitrogen and oxygen atoms in total. The molecule has 0 aromatic carbocycles. The van der Waals surface area contributed by atoms with Crippen molar-refractivity contribution in [2.24, 2.45) is 0 Å². The van der Waals surface area contributed by atoms with Crippen molar-refractivity contribution in [3.05, 3.63) is 18.3 Å². The van der Waals surface area contributed by atoms with Gasteiger partial charge in [0.05, 0.1) is 6.20 Å². The third-order valence-electron chi connectivity index (χ3n) is 3.57. The Kier molecular flexibility index (Phi) is 5.11. The smallest absolute Gasteiger partial charge is 0.387 e. The topological polar surface area (TPSA) is 37.4 Å². The maximum absolute atomic E-state index is 12.0. The van der Waals surface area contributed by atoms with Crippen molar-refractivity contribution in [3.8, 4) is 5.75 Å². The number of ether oxygens (including phenoxy) is 1. The fourth-order valence-corrected chi connectivity index (χ4v) is 2.41. The summed E-state index contributed by atoms with van der Waals surface area (Å²) in [7, 11) is 0. The first kappa shape index (κ1) is 15.0. The molecule has 1 N–H and O–H groups in total. The summed E-state index contributed by atoms with van der Waals surface area (Å²) in [5, 5.41) is 3.34. The third kappa shape index (κ3) is 4.30. The number of piperidine rings is 1. The van der Waals surface area contributed by atoms with E-state index < -0.39 is 6.61 Å². The van der Waals surface area contributed by atoms with E-state index in [-0.39, 0.29) is 5.75 Å². The first-order chi connectivity index (χ1) is 9.54. The summed E-state index contributed by atoms with van der Waals surface area (Å²) < 4.78 is 28.3. The minimum absolute atomic E-state index is 0.0835. The van der Waals surface area contributed by atoms with Gasteiger partial charge in [-0.3, -0.25) is 0 Å². The van der Waals surface area contributed by atoms with E-state index in [1.165, 1.54) is 12.3 Å². The molecule has 1 aromatic rings. The van der Waals surface area contributed by atoms with Crippen LogP contribution in [-0.2, 0) is 0 Å². The Hall–Kier alpha value is -1.43. The Labute approximate surface area is 118 Å².